The minimum absolute atomic E-state index is 0.360. The molecule has 4 nitrogen and oxygen atoms in total. The summed E-state index contributed by atoms with van der Waals surface area (Å²) in [5.41, 5.74) is 6.09. The lowest BCUT2D eigenvalue weighted by Gasteiger charge is -2.17. The average molecular weight is 420 g/mol. The summed E-state index contributed by atoms with van der Waals surface area (Å²) in [6, 6.07) is 12.1. The highest BCUT2D eigenvalue weighted by Crippen LogP contribution is 2.39. The van der Waals surface area contributed by atoms with E-state index in [-0.39, 0.29) is 0 Å². The normalized spacial score (nSPS) is 11.2. The van der Waals surface area contributed by atoms with E-state index < -0.39 is 0 Å². The first-order chi connectivity index (χ1) is 15.2. The van der Waals surface area contributed by atoms with Gasteiger partial charge in [0.05, 0.1) is 6.20 Å². The van der Waals surface area contributed by atoms with Crippen LogP contribution in [0.3, 0.4) is 0 Å². The summed E-state index contributed by atoms with van der Waals surface area (Å²) in [7, 11) is 0. The second-order valence-corrected chi connectivity index (χ2v) is 8.58. The molecule has 0 saturated carbocycles. The van der Waals surface area contributed by atoms with Gasteiger partial charge in [-0.25, -0.2) is 0 Å². The van der Waals surface area contributed by atoms with Gasteiger partial charge < -0.3 is 5.11 Å². The standard InChI is InChI=1S/C27H37N3O/c1-3-4-5-6-7-8-9-10-11-15-18-23-26(31)19-24(22-16-13-12-14-17-22)21(2)27(23)25-20-28-30-29-25/h12-14,16-17,19-20,31H,3-11,15,18H2,1-2H3,(H,28,29,30). The van der Waals surface area contributed by atoms with Gasteiger partial charge in [0.25, 0.3) is 0 Å². The highest BCUT2D eigenvalue weighted by atomic mass is 16.3. The van der Waals surface area contributed by atoms with Gasteiger partial charge in [-0.1, -0.05) is 100 Å². The molecule has 0 fully saturated rings. The summed E-state index contributed by atoms with van der Waals surface area (Å²) in [4.78, 5) is 0. The van der Waals surface area contributed by atoms with E-state index in [1.165, 1.54) is 57.8 Å². The number of rotatable bonds is 13. The molecule has 1 aromatic heterocycles. The first-order valence-corrected chi connectivity index (χ1v) is 12.0. The minimum atomic E-state index is 0.360. The van der Waals surface area contributed by atoms with Gasteiger partial charge in [-0.05, 0) is 42.5 Å². The molecule has 2 aromatic carbocycles. The second kappa shape index (κ2) is 12.3. The average Bonchev–Trinajstić information content (AvgIpc) is 3.32. The van der Waals surface area contributed by atoms with Crippen molar-refractivity contribution < 1.29 is 5.11 Å². The maximum atomic E-state index is 10.9. The molecule has 0 spiro atoms. The molecule has 31 heavy (non-hydrogen) atoms. The van der Waals surface area contributed by atoms with Crippen LogP contribution >= 0.6 is 0 Å². The molecule has 4 heteroatoms. The fourth-order valence-corrected chi connectivity index (χ4v) is 4.45. The number of unbranched alkanes of at least 4 members (excludes halogenated alkanes) is 9. The number of nitrogens with one attached hydrogen (secondary N) is 1. The van der Waals surface area contributed by atoms with Gasteiger partial charge in [0.2, 0.25) is 0 Å². The zero-order chi connectivity index (χ0) is 21.9. The van der Waals surface area contributed by atoms with Crippen molar-refractivity contribution in [2.24, 2.45) is 0 Å². The molecule has 0 aliphatic carbocycles. The minimum Gasteiger partial charge on any atom is -0.508 e. The summed E-state index contributed by atoms with van der Waals surface area (Å²) in [5, 5.41) is 21.9. The SMILES string of the molecule is CCCCCCCCCCCCc1c(O)cc(-c2ccccc2)c(C)c1-c1c[nH]nn1. The van der Waals surface area contributed by atoms with Crippen molar-refractivity contribution in [3.63, 3.8) is 0 Å². The number of aromatic amines is 1. The van der Waals surface area contributed by atoms with Crippen LogP contribution in [-0.4, -0.2) is 20.5 Å². The second-order valence-electron chi connectivity index (χ2n) is 8.58. The molecule has 0 amide bonds. The first kappa shape index (κ1) is 23.1. The Morgan fingerprint density at radius 2 is 1.52 bits per heavy atom. The van der Waals surface area contributed by atoms with Crippen LogP contribution in [0.5, 0.6) is 5.75 Å². The molecule has 3 aromatic rings. The monoisotopic (exact) mass is 419 g/mol. The Morgan fingerprint density at radius 1 is 0.871 bits per heavy atom. The summed E-state index contributed by atoms with van der Waals surface area (Å²) >= 11 is 0. The van der Waals surface area contributed by atoms with Crippen LogP contribution in [0.4, 0.5) is 0 Å². The number of aromatic nitrogens is 3. The van der Waals surface area contributed by atoms with Crippen molar-refractivity contribution in [1.82, 2.24) is 15.4 Å². The first-order valence-electron chi connectivity index (χ1n) is 12.0. The Hall–Kier alpha value is -2.62. The Balaban J connectivity index is 1.64. The summed E-state index contributed by atoms with van der Waals surface area (Å²) in [6.07, 6.45) is 15.7. The van der Waals surface area contributed by atoms with Crippen LogP contribution in [-0.2, 0) is 6.42 Å². The van der Waals surface area contributed by atoms with E-state index in [0.29, 0.717) is 5.75 Å². The largest absolute Gasteiger partial charge is 0.508 e. The summed E-state index contributed by atoms with van der Waals surface area (Å²) in [6.45, 7) is 4.39. The van der Waals surface area contributed by atoms with Crippen molar-refractivity contribution in [3.05, 3.63) is 53.7 Å². The predicted octanol–water partition coefficient (Wildman–Crippen LogP) is 7.62. The van der Waals surface area contributed by atoms with Crippen LogP contribution in [0.15, 0.2) is 42.6 Å². The van der Waals surface area contributed by atoms with E-state index in [4.69, 9.17) is 0 Å². The van der Waals surface area contributed by atoms with Gasteiger partial charge in [0.1, 0.15) is 11.4 Å². The molecule has 0 bridgehead atoms. The third-order valence-electron chi connectivity index (χ3n) is 6.21. The lowest BCUT2D eigenvalue weighted by atomic mass is 9.88. The molecular formula is C27H37N3O. The predicted molar refractivity (Wildman–Crippen MR) is 129 cm³/mol. The number of H-pyrrole nitrogens is 1. The maximum Gasteiger partial charge on any atom is 0.120 e. The van der Waals surface area contributed by atoms with Gasteiger partial charge >= 0.3 is 0 Å². The van der Waals surface area contributed by atoms with Crippen LogP contribution in [0.25, 0.3) is 22.4 Å². The fourth-order valence-electron chi connectivity index (χ4n) is 4.45. The molecular weight excluding hydrogens is 382 g/mol. The smallest absolute Gasteiger partial charge is 0.120 e. The lowest BCUT2D eigenvalue weighted by Crippen LogP contribution is -1.98. The van der Waals surface area contributed by atoms with E-state index in [2.05, 4.69) is 41.4 Å². The number of phenols is 1. The molecule has 2 N–H and O–H groups in total. The van der Waals surface area contributed by atoms with Gasteiger partial charge in [0.15, 0.2) is 0 Å². The van der Waals surface area contributed by atoms with Crippen LogP contribution < -0.4 is 0 Å². The molecule has 0 atom stereocenters. The van der Waals surface area contributed by atoms with Crippen molar-refractivity contribution in [2.45, 2.75) is 84.5 Å². The van der Waals surface area contributed by atoms with Crippen LogP contribution in [0.1, 0.15) is 82.3 Å². The number of nitrogens with zero attached hydrogens (tertiary/aromatic N) is 2. The van der Waals surface area contributed by atoms with Crippen molar-refractivity contribution in [1.29, 1.82) is 0 Å². The highest BCUT2D eigenvalue weighted by molar-refractivity contribution is 5.81. The molecule has 1 heterocycles. The number of benzene rings is 2. The van der Waals surface area contributed by atoms with E-state index in [1.807, 2.05) is 30.5 Å². The fraction of sp³-hybridized carbons (Fsp3) is 0.481. The third-order valence-corrected chi connectivity index (χ3v) is 6.21. The van der Waals surface area contributed by atoms with Crippen molar-refractivity contribution in [3.8, 4) is 28.1 Å². The quantitative estimate of drug-likeness (QED) is 0.280. The van der Waals surface area contributed by atoms with Gasteiger partial charge in [0, 0.05) is 11.1 Å². The Labute approximate surface area is 187 Å². The Kier molecular flexibility index (Phi) is 9.14. The number of phenolic OH excluding ortho intramolecular Hbond substituents is 1. The molecule has 166 valence electrons. The van der Waals surface area contributed by atoms with Crippen molar-refractivity contribution >= 4 is 0 Å². The molecule has 0 unspecified atom stereocenters. The van der Waals surface area contributed by atoms with E-state index in [1.54, 1.807) is 0 Å². The van der Waals surface area contributed by atoms with Gasteiger partial charge in [-0.2, -0.15) is 0 Å². The summed E-state index contributed by atoms with van der Waals surface area (Å²) < 4.78 is 0. The van der Waals surface area contributed by atoms with E-state index in [9.17, 15) is 5.11 Å². The lowest BCUT2D eigenvalue weighted by molar-refractivity contribution is 0.466. The maximum absolute atomic E-state index is 10.9. The molecule has 0 aliphatic rings. The Morgan fingerprint density at radius 3 is 2.13 bits per heavy atom. The van der Waals surface area contributed by atoms with Gasteiger partial charge in [-0.15, -0.1) is 5.10 Å². The van der Waals surface area contributed by atoms with Crippen molar-refractivity contribution in [2.75, 3.05) is 0 Å². The zero-order valence-electron chi connectivity index (χ0n) is 19.2. The molecule has 0 radical (unpaired) electrons. The van der Waals surface area contributed by atoms with Gasteiger partial charge in [-0.3, -0.25) is 5.10 Å². The molecule has 3 rings (SSSR count). The topological polar surface area (TPSA) is 61.8 Å². The highest BCUT2D eigenvalue weighted by Gasteiger charge is 2.19. The number of hydrogen-bond donors (Lipinski definition) is 2. The molecule has 0 saturated heterocycles. The number of hydrogen-bond acceptors (Lipinski definition) is 3. The zero-order valence-corrected chi connectivity index (χ0v) is 19.2. The van der Waals surface area contributed by atoms with Crippen LogP contribution in [0.2, 0.25) is 0 Å². The van der Waals surface area contributed by atoms with E-state index in [0.717, 1.165) is 46.4 Å². The third kappa shape index (κ3) is 6.43. The number of aromatic hydroxyl groups is 1. The Bertz CT molecular complexity index is 904. The van der Waals surface area contributed by atoms with E-state index >= 15 is 0 Å². The molecule has 0 aliphatic heterocycles. The summed E-state index contributed by atoms with van der Waals surface area (Å²) in [5.74, 6) is 0.360. The van der Waals surface area contributed by atoms with Crippen LogP contribution in [0, 0.1) is 6.92 Å².